The maximum absolute atomic E-state index is 12.9. The summed E-state index contributed by atoms with van der Waals surface area (Å²) in [4.78, 5) is 25.7. The zero-order valence-corrected chi connectivity index (χ0v) is 78.4. The zero-order chi connectivity index (χ0) is 106. The first kappa shape index (κ1) is 119. The first-order valence-electron chi connectivity index (χ1n) is 47.1. The molecule has 0 aromatic carbocycles. The van der Waals surface area contributed by atoms with Crippen LogP contribution in [0.25, 0.3) is 0 Å². The molecule has 0 aromatic heterocycles. The first-order chi connectivity index (χ1) is 67.8. The molecule has 12 aliphatic rings. The number of carbonyl (C=O) groups is 2. The number of carboxylic acids is 2. The highest BCUT2D eigenvalue weighted by atomic mass is 16.8. The van der Waals surface area contributed by atoms with Gasteiger partial charge in [-0.15, -0.1) is 0 Å². The number of ether oxygens (including phenoxy) is 23. The molecule has 38 N–H and O–H groups in total. The third-order valence-corrected chi connectivity index (χ3v) is 28.9. The smallest absolute Gasteiger partial charge is 0.364 e. The molecular weight excluding hydrogens is 1970 g/mol. The highest BCUT2D eigenvalue weighted by Gasteiger charge is 2.64. The molecule has 0 aliphatic carbocycles. The predicted octanol–water partition coefficient (Wildman–Crippen LogP) is -21.6. The van der Waals surface area contributed by atoms with E-state index in [1.54, 1.807) is 13.8 Å². The van der Waals surface area contributed by atoms with Crippen LogP contribution in [0.15, 0.2) is 0 Å². The highest BCUT2D eigenvalue weighted by molar-refractivity contribution is 5.76. The van der Waals surface area contributed by atoms with Gasteiger partial charge in [0, 0.05) is 36.5 Å². The zero-order valence-electron chi connectivity index (χ0n) is 78.4. The minimum absolute atomic E-state index is 0.529. The van der Waals surface area contributed by atoms with Crippen LogP contribution in [0.1, 0.15) is 54.4 Å². The molecular formula is C83H142N2O59. The fourth-order valence-electron chi connectivity index (χ4n) is 19.3. The Morgan fingerprint density at radius 2 is 0.583 bits per heavy atom. The van der Waals surface area contributed by atoms with E-state index in [0.29, 0.717) is 0 Å². The number of nitrogens with two attached hydrogens (primary N) is 2. The van der Waals surface area contributed by atoms with Crippen molar-refractivity contribution in [2.45, 2.75) is 409 Å². The van der Waals surface area contributed by atoms with Gasteiger partial charge in [-0.05, 0) is 13.8 Å². The molecule has 62 atom stereocenters. The first-order valence-corrected chi connectivity index (χ1v) is 47.1. The number of hydrogen-bond donors (Lipinski definition) is 36. The van der Waals surface area contributed by atoms with Gasteiger partial charge in [-0.1, -0.05) is 27.7 Å². The van der Waals surface area contributed by atoms with Crippen LogP contribution in [0, 0.1) is 23.7 Å². The topological polar surface area (TPSA) is 986 Å². The van der Waals surface area contributed by atoms with Crippen molar-refractivity contribution in [3.63, 3.8) is 0 Å². The van der Waals surface area contributed by atoms with E-state index in [4.69, 9.17) is 120 Å². The Bertz CT molecular complexity index is 3940. The summed E-state index contributed by atoms with van der Waals surface area (Å²) >= 11 is 0. The molecule has 0 aromatic rings. The average molecular weight is 2110 g/mol. The summed E-state index contributed by atoms with van der Waals surface area (Å²) in [5.74, 6) is -15.0. The second-order valence-electron chi connectivity index (χ2n) is 38.6. The van der Waals surface area contributed by atoms with Crippen molar-refractivity contribution < 1.29 is 292 Å². The third kappa shape index (κ3) is 24.9. The van der Waals surface area contributed by atoms with E-state index in [-0.39, 0.29) is 0 Å². The molecule has 61 heteroatoms. The lowest BCUT2D eigenvalue weighted by molar-refractivity contribution is -0.402. The summed E-state index contributed by atoms with van der Waals surface area (Å²) < 4.78 is 138. The van der Waals surface area contributed by atoms with E-state index in [9.17, 15) is 183 Å². The van der Waals surface area contributed by atoms with Gasteiger partial charge in [0.2, 0.25) is 0 Å². The van der Waals surface area contributed by atoms with Gasteiger partial charge in [-0.2, -0.15) is 0 Å². The maximum Gasteiger partial charge on any atom is 0.364 e. The van der Waals surface area contributed by atoms with Gasteiger partial charge in [-0.25, -0.2) is 9.59 Å². The van der Waals surface area contributed by atoms with E-state index in [1.165, 1.54) is 27.7 Å². The largest absolute Gasteiger partial charge is 0.477 e. The van der Waals surface area contributed by atoms with Gasteiger partial charge < -0.3 is 294 Å². The second-order valence-corrected chi connectivity index (χ2v) is 38.6. The second kappa shape index (κ2) is 50.5. The van der Waals surface area contributed by atoms with Crippen LogP contribution in [0.2, 0.25) is 0 Å². The predicted molar refractivity (Wildman–Crippen MR) is 448 cm³/mol. The molecule has 61 nitrogen and oxygen atoms in total. The number of aliphatic hydroxyl groups is 32. The fourth-order valence-corrected chi connectivity index (χ4v) is 19.3. The van der Waals surface area contributed by atoms with Crippen molar-refractivity contribution in [3.05, 3.63) is 0 Å². The van der Waals surface area contributed by atoms with Crippen molar-refractivity contribution in [1.29, 1.82) is 0 Å². The van der Waals surface area contributed by atoms with Gasteiger partial charge in [0.1, 0.15) is 226 Å². The van der Waals surface area contributed by atoms with Crippen LogP contribution >= 0.6 is 0 Å². The van der Waals surface area contributed by atoms with Crippen molar-refractivity contribution in [1.82, 2.24) is 0 Å². The lowest BCUT2D eigenvalue weighted by Gasteiger charge is -2.51. The lowest BCUT2D eigenvalue weighted by Crippen LogP contribution is -2.68. The van der Waals surface area contributed by atoms with Crippen LogP contribution in [0.5, 0.6) is 0 Å². The van der Waals surface area contributed by atoms with E-state index < -0.39 is 476 Å². The molecule has 0 amide bonds. The minimum atomic E-state index is -2.98. The molecule has 0 radical (unpaired) electrons. The molecule has 0 bridgehead atoms. The average Bonchev–Trinajstić information content (AvgIpc) is 0.768. The van der Waals surface area contributed by atoms with Crippen LogP contribution in [-0.2, 0) is 119 Å². The number of rotatable bonds is 39. The van der Waals surface area contributed by atoms with Crippen LogP contribution in [-0.4, -0.2) is 613 Å². The van der Waals surface area contributed by atoms with Crippen molar-refractivity contribution in [2.75, 3.05) is 72.7 Å². The van der Waals surface area contributed by atoms with Gasteiger partial charge in [0.25, 0.3) is 11.6 Å². The number of aliphatic hydroxyl groups excluding tert-OH is 32. The van der Waals surface area contributed by atoms with E-state index >= 15 is 0 Å². The molecule has 24 unspecified atom stereocenters. The Kier molecular flexibility index (Phi) is 41.8. The molecule has 838 valence electrons. The summed E-state index contributed by atoms with van der Waals surface area (Å²) in [5, 5.41) is 378. The Hall–Kier alpha value is -3.34. The van der Waals surface area contributed by atoms with Crippen molar-refractivity contribution >= 4 is 11.9 Å². The Morgan fingerprint density at radius 1 is 0.285 bits per heavy atom. The van der Waals surface area contributed by atoms with Crippen LogP contribution in [0.4, 0.5) is 0 Å². The normalized spacial score (nSPS) is 51.5. The Labute approximate surface area is 818 Å². The molecule has 12 heterocycles. The van der Waals surface area contributed by atoms with E-state index in [2.05, 4.69) is 0 Å². The van der Waals surface area contributed by atoms with Crippen molar-refractivity contribution in [3.8, 4) is 0 Å². The van der Waals surface area contributed by atoms with Crippen LogP contribution in [0.3, 0.4) is 0 Å². The number of hydrogen-bond acceptors (Lipinski definition) is 59. The summed E-state index contributed by atoms with van der Waals surface area (Å²) in [5.41, 5.74) is 12.0. The standard InChI is InChI=1S/C83H142N2O59/c1-20-24(5)126-38(17-122-74-58(114)53(109)45(101)25(6)127-74)65(41(20)97)136-71-21(2)42(98)64(34(15-92)130-71)139-77-61(117)68(140-79-70(57(113)49(105)31(12-89)129-79)142-73-23(4)44(100)63(33(14-91)132-73)138-76-60(116)55(111)51(107)37(135-76)19-125-83(81(120)121)8-27(94)40(85)67(144-83)47(103)29(96)10-87)52(108)35(133-77)16-123-78-69(56(112)48(104)30(11-88)128-78)141-72-22(3)43(99)62(32(13-90)131-72)137-75-59(115)54(110)50(106)36(134-75)18-124-82(80(118)119)7-26(93)39(84)66(143-82)46(102)28(95)9-86/h20-79,86-117H,7-19,84-85H2,1-6H3,(H,118,119)(H,120,121)/t20-,21?,22?,23+,24+,25+,26-,27-,28-,29-,30?,31-,32+,33?,34?,35?,36?,37?,38?,39-,40-,41?,42?,43?,44?,45-,46-,47-,48-,49-,50+,51+,52-,53?,54?,55?,56?,57?,58?,59+,60+,61-,62-,63-,64-,65-,66?,67?,68?,69?,70?,71+,72+,73+,74-,75+,76+,77+,78+,79-,82-,83-/m1/s1. The summed E-state index contributed by atoms with van der Waals surface area (Å²) in [6, 6.07) is -3.19. The maximum atomic E-state index is 12.9. The quantitative estimate of drug-likeness (QED) is 0.0272. The number of carboxylic acid groups (broad SMARTS) is 2. The van der Waals surface area contributed by atoms with E-state index in [1.807, 2.05) is 0 Å². The summed E-state index contributed by atoms with van der Waals surface area (Å²) in [7, 11) is 0. The molecule has 144 heavy (non-hydrogen) atoms. The van der Waals surface area contributed by atoms with Gasteiger partial charge in [0.15, 0.2) is 56.6 Å². The third-order valence-electron chi connectivity index (χ3n) is 28.9. The van der Waals surface area contributed by atoms with Gasteiger partial charge >= 0.3 is 11.9 Å². The molecule has 12 aliphatic heterocycles. The molecule has 0 spiro atoms. The molecule has 12 saturated heterocycles. The fraction of sp³-hybridized carbons (Fsp3) is 0.976. The SMILES string of the molecule is CC1C(O)[C@H](O[C@@H]2OC(CO[C@H]3OC(CO)[C@@H](O)C(O)C3O[C@@H]3O[C@@H](CO)[C@@H](O[C@@H]4OC(CO[C@]5(C(=O)O)C[C@@H](O)[C@@H](N)C([C@H](O)[C@H](O)CO)O5)[C@H](O)C(O)[C@@H]4O)C(O)C3C)[C@@H](O)C(O[C@H]3O[C@H](CO)[C@@H](O)C(O)C3O[C@@H]3OC(CO)[C@@H](O[C@@H]4OC(CO[C@]5(C(=O)O)C[C@@H](O)[C@@H](N)C([C@H](O)[C@H](O)CO)O5)[C@H](O)C(O)[C@@H]4O)C(O)[C@@H]3C)[C@H]2O)C(CO)O[C@H]1O[C@@H]1C(CO[C@@H]2O[C@@H](C)[C@@H](O)C(O)C2O)O[C@@H](C)[C@@H](C)C1O. The van der Waals surface area contributed by atoms with Crippen LogP contribution < -0.4 is 11.5 Å². The minimum Gasteiger partial charge on any atom is -0.477 e. The lowest BCUT2D eigenvalue weighted by atomic mass is 9.88. The monoisotopic (exact) mass is 2110 g/mol. The Morgan fingerprint density at radius 3 is 0.972 bits per heavy atom. The highest BCUT2D eigenvalue weighted by Crippen LogP contribution is 2.45. The summed E-state index contributed by atoms with van der Waals surface area (Å²) in [6.07, 6.45) is -108. The number of aliphatic carboxylic acids is 2. The van der Waals surface area contributed by atoms with Gasteiger partial charge in [0.05, 0.1) is 134 Å². The molecule has 0 saturated carbocycles. The molecule has 12 rings (SSSR count). The Balaban J connectivity index is 0.791. The van der Waals surface area contributed by atoms with Gasteiger partial charge in [-0.3, -0.25) is 0 Å². The summed E-state index contributed by atoms with van der Waals surface area (Å²) in [6.45, 7) is -3.46. The molecule has 12 fully saturated rings. The van der Waals surface area contributed by atoms with Crippen molar-refractivity contribution in [2.24, 2.45) is 35.1 Å². The van der Waals surface area contributed by atoms with E-state index in [0.717, 1.165) is 0 Å².